The van der Waals surface area contributed by atoms with Gasteiger partial charge in [0, 0.05) is 33.9 Å². The number of aryl methyl sites for hydroxylation is 2. The van der Waals surface area contributed by atoms with Gasteiger partial charge >= 0.3 is 0 Å². The summed E-state index contributed by atoms with van der Waals surface area (Å²) in [6, 6.07) is 101. The molecule has 0 aliphatic carbocycles. The smallest absolute Gasteiger partial charge is 0.0540 e. The maximum atomic E-state index is 2.41. The van der Waals surface area contributed by atoms with Crippen molar-refractivity contribution in [1.29, 1.82) is 0 Å². The maximum absolute atomic E-state index is 2.41. The minimum Gasteiger partial charge on any atom is -0.310 e. The van der Waals surface area contributed by atoms with Crippen molar-refractivity contribution in [2.24, 2.45) is 0 Å². The standard InChI is InChI=1S/C70H52N2/c1-49-45-63(71(69-27-15-13-25-67(69)55-19-5-3-6-20-55)61-37-33-53(34-38-61)59-31-29-51-17-9-11-23-57(51)47-59)41-43-65(49)66-44-42-64(46-50(66)2)72(70-28-16-14-26-68(70)56-21-7-4-8-22-56)62-39-35-54(36-40-62)60-32-30-52-18-10-12-24-58(52)48-60/h3-48H,1-2H3. The van der Waals surface area contributed by atoms with Gasteiger partial charge in [0.05, 0.1) is 11.4 Å². The molecule has 0 unspecified atom stereocenters. The number of hydrogen-bond acceptors (Lipinski definition) is 2. The number of para-hydroxylation sites is 2. The quantitative estimate of drug-likeness (QED) is 0.128. The molecule has 72 heavy (non-hydrogen) atoms. The molecule has 2 heteroatoms. The van der Waals surface area contributed by atoms with Crippen LogP contribution >= 0.6 is 0 Å². The molecule has 0 atom stereocenters. The second-order valence-corrected chi connectivity index (χ2v) is 18.7. The molecule has 0 spiro atoms. The number of hydrogen-bond donors (Lipinski definition) is 0. The zero-order valence-corrected chi connectivity index (χ0v) is 40.5. The maximum Gasteiger partial charge on any atom is 0.0540 e. The minimum atomic E-state index is 1.09. The van der Waals surface area contributed by atoms with Crippen LogP contribution in [0.2, 0.25) is 0 Å². The Morgan fingerprint density at radius 3 is 0.944 bits per heavy atom. The average Bonchev–Trinajstić information content (AvgIpc) is 3.44. The first-order valence-electron chi connectivity index (χ1n) is 24.8. The highest BCUT2D eigenvalue weighted by Crippen LogP contribution is 2.45. The summed E-state index contributed by atoms with van der Waals surface area (Å²) in [6.45, 7) is 4.49. The molecule has 2 nitrogen and oxygen atoms in total. The van der Waals surface area contributed by atoms with Crippen molar-refractivity contribution >= 4 is 55.7 Å². The fraction of sp³-hybridized carbons (Fsp3) is 0.0286. The molecular weight excluding hydrogens is 869 g/mol. The van der Waals surface area contributed by atoms with Gasteiger partial charge in [0.1, 0.15) is 0 Å². The first-order chi connectivity index (χ1) is 35.5. The molecule has 0 saturated heterocycles. The van der Waals surface area contributed by atoms with Crippen LogP contribution < -0.4 is 9.80 Å². The zero-order valence-electron chi connectivity index (χ0n) is 40.5. The summed E-state index contributed by atoms with van der Waals surface area (Å²) >= 11 is 0. The van der Waals surface area contributed by atoms with Crippen molar-refractivity contribution in [3.8, 4) is 55.6 Å². The third-order valence-electron chi connectivity index (χ3n) is 14.1. The van der Waals surface area contributed by atoms with E-state index in [0.29, 0.717) is 0 Å². The van der Waals surface area contributed by atoms with Crippen LogP contribution in [0.4, 0.5) is 34.1 Å². The molecule has 0 aliphatic rings. The molecule has 0 saturated carbocycles. The van der Waals surface area contributed by atoms with E-state index >= 15 is 0 Å². The minimum absolute atomic E-state index is 1.09. The van der Waals surface area contributed by atoms with Gasteiger partial charge in [-0.1, -0.05) is 206 Å². The highest BCUT2D eigenvalue weighted by atomic mass is 15.1. The van der Waals surface area contributed by atoms with Gasteiger partial charge in [0.2, 0.25) is 0 Å². The summed E-state index contributed by atoms with van der Waals surface area (Å²) in [5.74, 6) is 0. The number of nitrogens with zero attached hydrogens (tertiary/aromatic N) is 2. The highest BCUT2D eigenvalue weighted by Gasteiger charge is 2.21. The molecule has 0 aliphatic heterocycles. The van der Waals surface area contributed by atoms with E-state index in [4.69, 9.17) is 0 Å². The molecular formula is C70H52N2. The summed E-state index contributed by atoms with van der Waals surface area (Å²) in [5, 5.41) is 4.98. The number of anilines is 6. The summed E-state index contributed by atoms with van der Waals surface area (Å²) < 4.78 is 0. The van der Waals surface area contributed by atoms with Crippen molar-refractivity contribution in [3.05, 3.63) is 290 Å². The first-order valence-corrected chi connectivity index (χ1v) is 24.8. The van der Waals surface area contributed by atoms with Gasteiger partial charge in [-0.2, -0.15) is 0 Å². The molecule has 342 valence electrons. The molecule has 12 aromatic carbocycles. The predicted octanol–water partition coefficient (Wildman–Crippen LogP) is 19.9. The predicted molar refractivity (Wildman–Crippen MR) is 307 cm³/mol. The van der Waals surface area contributed by atoms with Crippen molar-refractivity contribution in [2.45, 2.75) is 13.8 Å². The number of rotatable bonds is 11. The summed E-state index contributed by atoms with van der Waals surface area (Å²) in [4.78, 5) is 4.82. The molecule has 0 N–H and O–H groups in total. The Bertz CT molecular complexity index is 3620. The molecule has 0 radical (unpaired) electrons. The third-order valence-corrected chi connectivity index (χ3v) is 14.1. The van der Waals surface area contributed by atoms with Crippen LogP contribution in [0.3, 0.4) is 0 Å². The van der Waals surface area contributed by atoms with E-state index in [1.165, 1.54) is 88.3 Å². The molecule has 12 rings (SSSR count). The van der Waals surface area contributed by atoms with Gasteiger partial charge < -0.3 is 9.80 Å². The molecule has 0 amide bonds. The Morgan fingerprint density at radius 1 is 0.208 bits per heavy atom. The molecule has 12 aromatic rings. The molecule has 0 fully saturated rings. The SMILES string of the molecule is Cc1cc(N(c2ccc(-c3ccc4ccccc4c3)cc2)c2ccccc2-c2ccccc2)ccc1-c1ccc(N(c2ccc(-c3ccc4ccccc4c3)cc2)c2ccccc2-c2ccccc2)cc1C. The second kappa shape index (κ2) is 19.3. The van der Waals surface area contributed by atoms with E-state index in [1.54, 1.807) is 0 Å². The normalized spacial score (nSPS) is 11.2. The Hall–Kier alpha value is -9.24. The zero-order chi connectivity index (χ0) is 48.4. The first kappa shape index (κ1) is 44.0. The van der Waals surface area contributed by atoms with Crippen molar-refractivity contribution in [3.63, 3.8) is 0 Å². The lowest BCUT2D eigenvalue weighted by molar-refractivity contribution is 1.26. The van der Waals surface area contributed by atoms with Crippen LogP contribution in [-0.4, -0.2) is 0 Å². The number of fused-ring (bicyclic) bond motifs is 2. The lowest BCUT2D eigenvalue weighted by Crippen LogP contribution is -2.12. The second-order valence-electron chi connectivity index (χ2n) is 18.7. The fourth-order valence-electron chi connectivity index (χ4n) is 10.4. The Labute approximate surface area is 423 Å². The van der Waals surface area contributed by atoms with E-state index < -0.39 is 0 Å². The largest absolute Gasteiger partial charge is 0.310 e. The monoisotopic (exact) mass is 920 g/mol. The van der Waals surface area contributed by atoms with Gasteiger partial charge in [0.25, 0.3) is 0 Å². The van der Waals surface area contributed by atoms with Crippen LogP contribution in [-0.2, 0) is 0 Å². The van der Waals surface area contributed by atoms with Crippen molar-refractivity contribution in [2.75, 3.05) is 9.80 Å². The van der Waals surface area contributed by atoms with Gasteiger partial charge in [0.15, 0.2) is 0 Å². The number of benzene rings is 12. The molecule has 0 aromatic heterocycles. The van der Waals surface area contributed by atoms with Crippen LogP contribution in [0.5, 0.6) is 0 Å². The molecule has 0 heterocycles. The van der Waals surface area contributed by atoms with Crippen LogP contribution in [0.1, 0.15) is 11.1 Å². The summed E-state index contributed by atoms with van der Waals surface area (Å²) in [5.41, 5.74) is 20.9. The average molecular weight is 921 g/mol. The third kappa shape index (κ3) is 8.61. The Morgan fingerprint density at radius 2 is 0.542 bits per heavy atom. The fourth-order valence-corrected chi connectivity index (χ4v) is 10.4. The van der Waals surface area contributed by atoms with E-state index in [-0.39, 0.29) is 0 Å². The lowest BCUT2D eigenvalue weighted by atomic mass is 9.94. The summed E-state index contributed by atoms with van der Waals surface area (Å²) in [7, 11) is 0. The Balaban J connectivity index is 0.922. The van der Waals surface area contributed by atoms with Crippen molar-refractivity contribution < 1.29 is 0 Å². The van der Waals surface area contributed by atoms with Crippen molar-refractivity contribution in [1.82, 2.24) is 0 Å². The van der Waals surface area contributed by atoms with E-state index in [2.05, 4.69) is 303 Å². The topological polar surface area (TPSA) is 6.48 Å². The van der Waals surface area contributed by atoms with Gasteiger partial charge in [-0.3, -0.25) is 0 Å². The lowest BCUT2D eigenvalue weighted by Gasteiger charge is -2.29. The van der Waals surface area contributed by atoms with Crippen LogP contribution in [0.15, 0.2) is 279 Å². The highest BCUT2D eigenvalue weighted by molar-refractivity contribution is 5.93. The van der Waals surface area contributed by atoms with Gasteiger partial charge in [-0.15, -0.1) is 0 Å². The van der Waals surface area contributed by atoms with E-state index in [1.807, 2.05) is 0 Å². The van der Waals surface area contributed by atoms with Gasteiger partial charge in [-0.25, -0.2) is 0 Å². The summed E-state index contributed by atoms with van der Waals surface area (Å²) in [6.07, 6.45) is 0. The Kier molecular flexibility index (Phi) is 11.8. The van der Waals surface area contributed by atoms with Crippen LogP contribution in [0, 0.1) is 13.8 Å². The molecule has 0 bridgehead atoms. The van der Waals surface area contributed by atoms with E-state index in [9.17, 15) is 0 Å². The van der Waals surface area contributed by atoms with Crippen LogP contribution in [0.25, 0.3) is 77.2 Å². The van der Waals surface area contributed by atoms with Gasteiger partial charge in [-0.05, 0) is 164 Å². The van der Waals surface area contributed by atoms with E-state index in [0.717, 1.165) is 34.1 Å².